The first-order chi connectivity index (χ1) is 14.2. The molecule has 0 saturated carbocycles. The number of esters is 1. The normalized spacial score (nSPS) is 13.6. The molecule has 0 spiro atoms. The number of aromatic nitrogens is 2. The molecule has 0 atom stereocenters. The Morgan fingerprint density at radius 3 is 2.76 bits per heavy atom. The number of nitrogens with two attached hydrogens (primary N) is 1. The van der Waals surface area contributed by atoms with Gasteiger partial charge in [0.2, 0.25) is 0 Å². The lowest BCUT2D eigenvalue weighted by atomic mass is 10.1. The van der Waals surface area contributed by atoms with Crippen molar-refractivity contribution in [1.82, 2.24) is 9.97 Å². The fraction of sp³-hybridized carbons (Fsp3) is 0.381. The summed E-state index contributed by atoms with van der Waals surface area (Å²) in [6.07, 6.45) is 5.71. The molecule has 0 bridgehead atoms. The van der Waals surface area contributed by atoms with Crippen molar-refractivity contribution in [3.05, 3.63) is 40.5 Å². The Kier molecular flexibility index (Phi) is 5.80. The van der Waals surface area contributed by atoms with E-state index in [1.54, 1.807) is 36.6 Å². The molecule has 29 heavy (non-hydrogen) atoms. The summed E-state index contributed by atoms with van der Waals surface area (Å²) in [5.41, 5.74) is 7.53. The molecule has 8 heteroatoms. The highest BCUT2D eigenvalue weighted by Gasteiger charge is 2.19. The molecule has 0 aliphatic heterocycles. The van der Waals surface area contributed by atoms with Crippen LogP contribution in [0, 0.1) is 0 Å². The van der Waals surface area contributed by atoms with E-state index < -0.39 is 5.97 Å². The largest absolute Gasteiger partial charge is 0.493 e. The Hall–Kier alpha value is -2.87. The van der Waals surface area contributed by atoms with Gasteiger partial charge in [-0.05, 0) is 43.4 Å². The number of methoxy groups -OCH3 is 1. The third-order valence-corrected chi connectivity index (χ3v) is 6.10. The van der Waals surface area contributed by atoms with E-state index in [1.165, 1.54) is 29.7 Å². The van der Waals surface area contributed by atoms with Crippen molar-refractivity contribution in [3.63, 3.8) is 0 Å². The third kappa shape index (κ3) is 4.27. The standard InChI is InChI=1S/C21H23N3O4S/c1-26-14-8-5-6-9-15(14)27-12-18(25)28-11-17-23-20(22)19-13-7-3-2-4-10-16(13)29-21(19)24-17/h5-6,8-9H,2-4,7,10-12H2,1H3,(H2,22,23,24). The summed E-state index contributed by atoms with van der Waals surface area (Å²) in [5.74, 6) is 1.39. The van der Waals surface area contributed by atoms with E-state index >= 15 is 0 Å². The van der Waals surface area contributed by atoms with Gasteiger partial charge in [0.15, 0.2) is 30.5 Å². The number of carbonyl (C=O) groups is 1. The van der Waals surface area contributed by atoms with Crippen molar-refractivity contribution in [3.8, 4) is 11.5 Å². The lowest BCUT2D eigenvalue weighted by molar-refractivity contribution is -0.147. The summed E-state index contributed by atoms with van der Waals surface area (Å²) in [7, 11) is 1.54. The van der Waals surface area contributed by atoms with Crippen molar-refractivity contribution in [2.75, 3.05) is 19.5 Å². The van der Waals surface area contributed by atoms with Crippen LogP contribution in [0.5, 0.6) is 11.5 Å². The molecular weight excluding hydrogens is 390 g/mol. The number of ether oxygens (including phenoxy) is 3. The van der Waals surface area contributed by atoms with Gasteiger partial charge in [0, 0.05) is 4.88 Å². The van der Waals surface area contributed by atoms with Gasteiger partial charge in [-0.25, -0.2) is 14.8 Å². The van der Waals surface area contributed by atoms with Crippen molar-refractivity contribution in [2.24, 2.45) is 0 Å². The zero-order valence-electron chi connectivity index (χ0n) is 16.3. The molecule has 1 aliphatic carbocycles. The molecule has 1 aliphatic rings. The zero-order valence-corrected chi connectivity index (χ0v) is 17.1. The molecular formula is C21H23N3O4S. The fourth-order valence-electron chi connectivity index (χ4n) is 3.53. The molecule has 4 rings (SSSR count). The molecule has 0 unspecified atom stereocenters. The first kappa shape index (κ1) is 19.4. The topological polar surface area (TPSA) is 96.6 Å². The van der Waals surface area contributed by atoms with Crippen LogP contribution in [0.25, 0.3) is 10.2 Å². The fourth-order valence-corrected chi connectivity index (χ4v) is 4.82. The highest BCUT2D eigenvalue weighted by Crippen LogP contribution is 2.37. The molecule has 3 aromatic rings. The minimum Gasteiger partial charge on any atom is -0.493 e. The van der Waals surface area contributed by atoms with E-state index in [0.29, 0.717) is 23.1 Å². The Morgan fingerprint density at radius 2 is 1.93 bits per heavy atom. The first-order valence-corrected chi connectivity index (χ1v) is 10.5. The molecule has 1 aromatic carbocycles. The zero-order chi connectivity index (χ0) is 20.2. The summed E-state index contributed by atoms with van der Waals surface area (Å²) in [6.45, 7) is -0.276. The maximum atomic E-state index is 12.1. The number of para-hydroxylation sites is 2. The van der Waals surface area contributed by atoms with Crippen molar-refractivity contribution >= 4 is 33.3 Å². The van der Waals surface area contributed by atoms with Gasteiger partial charge in [-0.3, -0.25) is 0 Å². The van der Waals surface area contributed by atoms with Crippen LogP contribution in [-0.4, -0.2) is 29.7 Å². The van der Waals surface area contributed by atoms with Crippen LogP contribution in [0.3, 0.4) is 0 Å². The van der Waals surface area contributed by atoms with Crippen LogP contribution < -0.4 is 15.2 Å². The Bertz CT molecular complexity index is 1030. The monoisotopic (exact) mass is 413 g/mol. The number of rotatable bonds is 6. The predicted molar refractivity (Wildman–Crippen MR) is 111 cm³/mol. The van der Waals surface area contributed by atoms with Crippen LogP contribution in [0.2, 0.25) is 0 Å². The Labute approximate surface area is 172 Å². The summed E-state index contributed by atoms with van der Waals surface area (Å²) < 4.78 is 15.9. The molecule has 7 nitrogen and oxygen atoms in total. The lowest BCUT2D eigenvalue weighted by Crippen LogP contribution is -2.16. The van der Waals surface area contributed by atoms with E-state index in [1.807, 2.05) is 6.07 Å². The summed E-state index contributed by atoms with van der Waals surface area (Å²) in [6, 6.07) is 7.11. The molecule has 0 fully saturated rings. The van der Waals surface area contributed by atoms with Gasteiger partial charge in [0.05, 0.1) is 12.5 Å². The molecule has 2 heterocycles. The average Bonchev–Trinajstić information content (AvgIpc) is 2.92. The number of hydrogen-bond donors (Lipinski definition) is 1. The van der Waals surface area contributed by atoms with Crippen LogP contribution >= 0.6 is 11.3 Å². The minimum absolute atomic E-state index is 0.0448. The number of fused-ring (bicyclic) bond motifs is 3. The van der Waals surface area contributed by atoms with E-state index in [2.05, 4.69) is 9.97 Å². The Balaban J connectivity index is 1.41. The van der Waals surface area contributed by atoms with Crippen LogP contribution in [0.4, 0.5) is 5.82 Å². The lowest BCUT2D eigenvalue weighted by Gasteiger charge is -2.10. The van der Waals surface area contributed by atoms with Gasteiger partial charge in [-0.15, -0.1) is 11.3 Å². The molecule has 152 valence electrons. The van der Waals surface area contributed by atoms with E-state index in [9.17, 15) is 4.79 Å². The number of hydrogen-bond acceptors (Lipinski definition) is 8. The van der Waals surface area contributed by atoms with Crippen LogP contribution in [0.1, 0.15) is 35.5 Å². The van der Waals surface area contributed by atoms with Gasteiger partial charge < -0.3 is 19.9 Å². The summed E-state index contributed by atoms with van der Waals surface area (Å²) >= 11 is 1.68. The van der Waals surface area contributed by atoms with Gasteiger partial charge >= 0.3 is 5.97 Å². The number of carbonyl (C=O) groups excluding carboxylic acids is 1. The minimum atomic E-state index is -0.514. The van der Waals surface area contributed by atoms with Crippen molar-refractivity contribution < 1.29 is 19.0 Å². The SMILES string of the molecule is COc1ccccc1OCC(=O)OCc1nc(N)c2c3c(sc2n1)CCCCC3. The Morgan fingerprint density at radius 1 is 1.14 bits per heavy atom. The molecule has 2 aromatic heterocycles. The highest BCUT2D eigenvalue weighted by atomic mass is 32.1. The van der Waals surface area contributed by atoms with Gasteiger partial charge in [0.25, 0.3) is 0 Å². The predicted octanol–water partition coefficient (Wildman–Crippen LogP) is 3.67. The smallest absolute Gasteiger partial charge is 0.344 e. The number of nitrogens with zero attached hydrogens (tertiary/aromatic N) is 2. The van der Waals surface area contributed by atoms with Crippen molar-refractivity contribution in [1.29, 1.82) is 0 Å². The van der Waals surface area contributed by atoms with Gasteiger partial charge in [-0.1, -0.05) is 18.6 Å². The van der Waals surface area contributed by atoms with Gasteiger partial charge in [0.1, 0.15) is 10.6 Å². The highest BCUT2D eigenvalue weighted by molar-refractivity contribution is 7.19. The summed E-state index contributed by atoms with van der Waals surface area (Å²) in [4.78, 5) is 23.2. The third-order valence-electron chi connectivity index (χ3n) is 4.92. The molecule has 0 radical (unpaired) electrons. The number of aryl methyl sites for hydroxylation is 2. The second kappa shape index (κ2) is 8.65. The van der Waals surface area contributed by atoms with E-state index in [0.717, 1.165) is 23.1 Å². The quantitative estimate of drug-likeness (QED) is 0.486. The molecule has 0 saturated heterocycles. The van der Waals surface area contributed by atoms with Crippen LogP contribution in [-0.2, 0) is 29.0 Å². The molecule has 2 N–H and O–H groups in total. The number of anilines is 1. The number of nitrogen functional groups attached to an aromatic ring is 1. The van der Waals surface area contributed by atoms with Gasteiger partial charge in [-0.2, -0.15) is 0 Å². The summed E-state index contributed by atoms with van der Waals surface area (Å²) in [5, 5.41) is 0.974. The second-order valence-corrected chi connectivity index (χ2v) is 7.95. The number of thiophene rings is 1. The maximum Gasteiger partial charge on any atom is 0.344 e. The second-order valence-electron chi connectivity index (χ2n) is 6.87. The maximum absolute atomic E-state index is 12.1. The van der Waals surface area contributed by atoms with E-state index in [4.69, 9.17) is 19.9 Å². The van der Waals surface area contributed by atoms with E-state index in [-0.39, 0.29) is 13.2 Å². The average molecular weight is 413 g/mol. The first-order valence-electron chi connectivity index (χ1n) is 9.64. The number of benzene rings is 1. The molecule has 0 amide bonds. The van der Waals surface area contributed by atoms with Crippen LogP contribution in [0.15, 0.2) is 24.3 Å². The van der Waals surface area contributed by atoms with Crippen molar-refractivity contribution in [2.45, 2.75) is 38.7 Å².